The minimum atomic E-state index is -0.345. The summed E-state index contributed by atoms with van der Waals surface area (Å²) in [5.74, 6) is 0.597. The van der Waals surface area contributed by atoms with Gasteiger partial charge < -0.3 is 20.1 Å². The van der Waals surface area contributed by atoms with Gasteiger partial charge in [0.05, 0.1) is 18.1 Å². The van der Waals surface area contributed by atoms with Crippen LogP contribution >= 0.6 is 0 Å². The van der Waals surface area contributed by atoms with Gasteiger partial charge in [-0.05, 0) is 39.3 Å². The van der Waals surface area contributed by atoms with Crippen LogP contribution in [0.3, 0.4) is 0 Å². The molecule has 2 saturated heterocycles. The molecule has 19 heavy (non-hydrogen) atoms. The van der Waals surface area contributed by atoms with Gasteiger partial charge in [0.25, 0.3) is 0 Å². The number of carbonyl (C=O) groups is 1. The third kappa shape index (κ3) is 3.46. The second-order valence-corrected chi connectivity index (χ2v) is 5.80. The largest absolute Gasteiger partial charge is 0.384 e. The molecule has 2 aliphatic heterocycles. The first-order chi connectivity index (χ1) is 9.18. The zero-order chi connectivity index (χ0) is 13.7. The van der Waals surface area contributed by atoms with Crippen LogP contribution in [0.5, 0.6) is 0 Å². The van der Waals surface area contributed by atoms with E-state index in [1.807, 2.05) is 0 Å². The van der Waals surface area contributed by atoms with Crippen molar-refractivity contribution in [2.75, 3.05) is 40.0 Å². The molecule has 2 unspecified atom stereocenters. The number of hydrogen-bond acceptors (Lipinski definition) is 4. The Labute approximate surface area is 115 Å². The molecule has 0 aliphatic carbocycles. The van der Waals surface area contributed by atoms with E-state index in [0.717, 1.165) is 45.5 Å². The van der Waals surface area contributed by atoms with E-state index in [2.05, 4.69) is 17.6 Å². The molecule has 0 aromatic rings. The van der Waals surface area contributed by atoms with Crippen molar-refractivity contribution in [3.8, 4) is 0 Å². The van der Waals surface area contributed by atoms with Crippen molar-refractivity contribution in [2.45, 2.75) is 32.3 Å². The van der Waals surface area contributed by atoms with Crippen molar-refractivity contribution >= 4 is 5.91 Å². The Balaban J connectivity index is 1.88. The van der Waals surface area contributed by atoms with Crippen LogP contribution in [0, 0.1) is 11.3 Å². The normalized spacial score (nSPS) is 30.2. The van der Waals surface area contributed by atoms with Gasteiger partial charge in [0.15, 0.2) is 0 Å². The first-order valence-electron chi connectivity index (χ1n) is 7.27. The summed E-state index contributed by atoms with van der Waals surface area (Å²) >= 11 is 0. The van der Waals surface area contributed by atoms with Gasteiger partial charge in [-0.1, -0.05) is 0 Å². The standard InChI is InChI=1S/C14H26N2O3/c1-11-12(3-8-19-11)9-16-13(17)14(10-18-2)4-6-15-7-5-14/h11-12,15H,3-10H2,1-2H3,(H,16,17). The molecule has 0 aromatic heterocycles. The van der Waals surface area contributed by atoms with E-state index in [1.54, 1.807) is 7.11 Å². The fourth-order valence-electron chi connectivity index (χ4n) is 3.07. The second-order valence-electron chi connectivity index (χ2n) is 5.80. The van der Waals surface area contributed by atoms with Gasteiger partial charge in [0.1, 0.15) is 0 Å². The van der Waals surface area contributed by atoms with E-state index < -0.39 is 0 Å². The highest BCUT2D eigenvalue weighted by Gasteiger charge is 2.40. The molecule has 1 amide bonds. The molecule has 0 saturated carbocycles. The lowest BCUT2D eigenvalue weighted by atomic mass is 9.78. The second kappa shape index (κ2) is 6.68. The summed E-state index contributed by atoms with van der Waals surface area (Å²) in [5, 5.41) is 6.43. The van der Waals surface area contributed by atoms with Gasteiger partial charge in [0.2, 0.25) is 5.91 Å². The third-order valence-electron chi connectivity index (χ3n) is 4.52. The molecular formula is C14H26N2O3. The number of hydrogen-bond donors (Lipinski definition) is 2. The summed E-state index contributed by atoms with van der Waals surface area (Å²) in [7, 11) is 1.67. The average molecular weight is 270 g/mol. The van der Waals surface area contributed by atoms with Crippen molar-refractivity contribution in [3.05, 3.63) is 0 Å². The van der Waals surface area contributed by atoms with Crippen LogP contribution in [0.4, 0.5) is 0 Å². The Kier molecular flexibility index (Phi) is 5.19. The SMILES string of the molecule is COCC1(C(=O)NCC2CCOC2C)CCNCC1. The summed E-state index contributed by atoms with van der Waals surface area (Å²) in [5.41, 5.74) is -0.345. The Bertz CT molecular complexity index is 298. The number of carbonyl (C=O) groups excluding carboxylic acids is 1. The minimum Gasteiger partial charge on any atom is -0.384 e. The number of ether oxygens (including phenoxy) is 2. The molecule has 0 radical (unpaired) electrons. The topological polar surface area (TPSA) is 59.6 Å². The maximum Gasteiger partial charge on any atom is 0.228 e. The molecule has 2 atom stereocenters. The summed E-state index contributed by atoms with van der Waals surface area (Å²) in [4.78, 5) is 12.5. The lowest BCUT2D eigenvalue weighted by Gasteiger charge is -2.35. The van der Waals surface area contributed by atoms with E-state index in [4.69, 9.17) is 9.47 Å². The first-order valence-corrected chi connectivity index (χ1v) is 7.27. The monoisotopic (exact) mass is 270 g/mol. The van der Waals surface area contributed by atoms with Gasteiger partial charge >= 0.3 is 0 Å². The molecule has 2 N–H and O–H groups in total. The molecule has 2 aliphatic rings. The predicted octanol–water partition coefficient (Wildman–Crippen LogP) is 0.544. The number of methoxy groups -OCH3 is 1. The lowest BCUT2D eigenvalue weighted by molar-refractivity contribution is -0.136. The zero-order valence-electron chi connectivity index (χ0n) is 12.0. The van der Waals surface area contributed by atoms with E-state index in [-0.39, 0.29) is 17.4 Å². The van der Waals surface area contributed by atoms with E-state index >= 15 is 0 Å². The van der Waals surface area contributed by atoms with Crippen molar-refractivity contribution in [3.63, 3.8) is 0 Å². The van der Waals surface area contributed by atoms with Gasteiger partial charge in [-0.15, -0.1) is 0 Å². The smallest absolute Gasteiger partial charge is 0.228 e. The van der Waals surface area contributed by atoms with Gasteiger partial charge in [-0.3, -0.25) is 4.79 Å². The predicted molar refractivity (Wildman–Crippen MR) is 72.9 cm³/mol. The van der Waals surface area contributed by atoms with Crippen molar-refractivity contribution in [1.82, 2.24) is 10.6 Å². The van der Waals surface area contributed by atoms with E-state index in [0.29, 0.717) is 12.5 Å². The first kappa shape index (κ1) is 14.8. The van der Waals surface area contributed by atoms with Crippen molar-refractivity contribution in [2.24, 2.45) is 11.3 Å². The maximum absolute atomic E-state index is 12.5. The van der Waals surface area contributed by atoms with Crippen LogP contribution < -0.4 is 10.6 Å². The van der Waals surface area contributed by atoms with Crippen LogP contribution in [0.2, 0.25) is 0 Å². The Hall–Kier alpha value is -0.650. The average Bonchev–Trinajstić information content (AvgIpc) is 2.83. The summed E-state index contributed by atoms with van der Waals surface area (Å²) in [6, 6.07) is 0. The highest BCUT2D eigenvalue weighted by atomic mass is 16.5. The number of rotatable bonds is 5. The number of amides is 1. The van der Waals surface area contributed by atoms with Crippen LogP contribution in [0.1, 0.15) is 26.2 Å². The molecule has 2 fully saturated rings. The molecule has 0 bridgehead atoms. The van der Waals surface area contributed by atoms with Crippen LogP contribution in [0.15, 0.2) is 0 Å². The molecule has 5 nitrogen and oxygen atoms in total. The van der Waals surface area contributed by atoms with Crippen LogP contribution in [-0.2, 0) is 14.3 Å². The molecule has 110 valence electrons. The molecule has 5 heteroatoms. The quantitative estimate of drug-likeness (QED) is 0.766. The third-order valence-corrected chi connectivity index (χ3v) is 4.52. The zero-order valence-corrected chi connectivity index (χ0v) is 12.0. The van der Waals surface area contributed by atoms with Gasteiger partial charge in [-0.25, -0.2) is 0 Å². The molecule has 2 heterocycles. The van der Waals surface area contributed by atoms with Crippen LogP contribution in [-0.4, -0.2) is 52.0 Å². The van der Waals surface area contributed by atoms with Crippen molar-refractivity contribution < 1.29 is 14.3 Å². The van der Waals surface area contributed by atoms with Gasteiger partial charge in [0, 0.05) is 26.2 Å². The van der Waals surface area contributed by atoms with Crippen LogP contribution in [0.25, 0.3) is 0 Å². The molecular weight excluding hydrogens is 244 g/mol. The fraction of sp³-hybridized carbons (Fsp3) is 0.929. The summed E-state index contributed by atoms with van der Waals surface area (Å²) in [6.45, 7) is 5.91. The Morgan fingerprint density at radius 1 is 1.47 bits per heavy atom. The highest BCUT2D eigenvalue weighted by Crippen LogP contribution is 2.29. The summed E-state index contributed by atoms with van der Waals surface area (Å²) in [6.07, 6.45) is 3.00. The number of nitrogens with one attached hydrogen (secondary N) is 2. The molecule has 0 spiro atoms. The van der Waals surface area contributed by atoms with E-state index in [9.17, 15) is 4.79 Å². The van der Waals surface area contributed by atoms with Gasteiger partial charge in [-0.2, -0.15) is 0 Å². The molecule has 2 rings (SSSR count). The van der Waals surface area contributed by atoms with E-state index in [1.165, 1.54) is 0 Å². The Morgan fingerprint density at radius 3 is 2.79 bits per heavy atom. The minimum absolute atomic E-state index is 0.148. The van der Waals surface area contributed by atoms with Crippen molar-refractivity contribution in [1.29, 1.82) is 0 Å². The summed E-state index contributed by atoms with van der Waals surface area (Å²) < 4.78 is 10.8. The highest BCUT2D eigenvalue weighted by molar-refractivity contribution is 5.83. The maximum atomic E-state index is 12.5. The fourth-order valence-corrected chi connectivity index (χ4v) is 3.07. The lowest BCUT2D eigenvalue weighted by Crippen LogP contribution is -2.51. The molecule has 0 aromatic carbocycles. The Morgan fingerprint density at radius 2 is 2.21 bits per heavy atom. The number of piperidine rings is 1.